The van der Waals surface area contributed by atoms with E-state index in [0.717, 1.165) is 50.5 Å². The number of rotatable bonds is 6. The Morgan fingerprint density at radius 2 is 1.82 bits per heavy atom. The number of benzene rings is 1. The number of nitrogens with one attached hydrogen (secondary N) is 2. The van der Waals surface area contributed by atoms with Gasteiger partial charge in [-0.05, 0) is 49.5 Å². The third kappa shape index (κ3) is 4.43. The monoisotopic (exact) mass is 471 g/mol. The van der Waals surface area contributed by atoms with Crippen LogP contribution >= 0.6 is 0 Å². The van der Waals surface area contributed by atoms with E-state index in [1.54, 1.807) is 4.57 Å². The fourth-order valence-corrected chi connectivity index (χ4v) is 4.16. The largest absolute Gasteiger partial charge is 0.350 e. The molecule has 1 aliphatic heterocycles. The molecular formula is C23H21F4N7. The summed E-state index contributed by atoms with van der Waals surface area (Å²) in [6, 6.07) is 3.60. The van der Waals surface area contributed by atoms with Crippen molar-refractivity contribution >= 4 is 17.1 Å². The zero-order valence-corrected chi connectivity index (χ0v) is 18.0. The van der Waals surface area contributed by atoms with Gasteiger partial charge in [-0.2, -0.15) is 4.98 Å². The van der Waals surface area contributed by atoms with E-state index >= 15 is 0 Å². The lowest BCUT2D eigenvalue weighted by molar-refractivity contribution is 0.340. The fraction of sp³-hybridized carbons (Fsp3) is 0.304. The van der Waals surface area contributed by atoms with Gasteiger partial charge in [-0.3, -0.25) is 4.98 Å². The molecule has 7 nitrogen and oxygen atoms in total. The van der Waals surface area contributed by atoms with Gasteiger partial charge in [-0.25, -0.2) is 27.5 Å². The minimum atomic E-state index is -0.944. The van der Waals surface area contributed by atoms with E-state index in [-0.39, 0.29) is 29.8 Å². The third-order valence-electron chi connectivity index (χ3n) is 5.84. The highest BCUT2D eigenvalue weighted by Crippen LogP contribution is 2.30. The predicted molar refractivity (Wildman–Crippen MR) is 118 cm³/mol. The van der Waals surface area contributed by atoms with Gasteiger partial charge >= 0.3 is 0 Å². The zero-order chi connectivity index (χ0) is 23.7. The van der Waals surface area contributed by atoms with Crippen molar-refractivity contribution in [2.75, 3.05) is 18.4 Å². The summed E-state index contributed by atoms with van der Waals surface area (Å²) in [7, 11) is 0. The van der Waals surface area contributed by atoms with Crippen LogP contribution in [0.25, 0.3) is 22.6 Å². The number of nitrogens with zero attached hydrogens (tertiary/aromatic N) is 5. The first-order chi connectivity index (χ1) is 16.5. The summed E-state index contributed by atoms with van der Waals surface area (Å²) < 4.78 is 57.6. The number of imidazole rings is 1. The van der Waals surface area contributed by atoms with Crippen LogP contribution in [-0.2, 0) is 13.1 Å². The molecule has 4 aromatic rings. The molecule has 0 radical (unpaired) electrons. The van der Waals surface area contributed by atoms with Gasteiger partial charge in [-0.1, -0.05) is 6.07 Å². The van der Waals surface area contributed by atoms with Gasteiger partial charge in [0.2, 0.25) is 5.95 Å². The molecule has 1 aromatic carbocycles. The van der Waals surface area contributed by atoms with Gasteiger partial charge in [0.15, 0.2) is 28.9 Å². The van der Waals surface area contributed by atoms with Gasteiger partial charge < -0.3 is 15.2 Å². The van der Waals surface area contributed by atoms with Crippen LogP contribution in [0.3, 0.4) is 0 Å². The van der Waals surface area contributed by atoms with Crippen molar-refractivity contribution in [2.45, 2.75) is 25.9 Å². The standard InChI is InChI=1S/C23H21F4N7/c24-15-4-3-13(6-16(15)25)8-30-23-31-11-19-21(33-23)34(12-14-2-1-5-28-7-14)22(32-19)20-17(26)9-29-10-18(20)27/h3-4,6,9-11,14,28H,1-2,5,7-8,12H2,(H,30,31,33)/t14-/m1/s1. The summed E-state index contributed by atoms with van der Waals surface area (Å²) in [6.45, 7) is 2.32. The Hall–Kier alpha value is -3.60. The lowest BCUT2D eigenvalue weighted by Gasteiger charge is -2.24. The Kier molecular flexibility index (Phi) is 6.10. The average Bonchev–Trinajstić information content (AvgIpc) is 3.17. The molecule has 11 heteroatoms. The van der Waals surface area contributed by atoms with E-state index in [1.807, 2.05) is 0 Å². The average molecular weight is 471 g/mol. The minimum Gasteiger partial charge on any atom is -0.350 e. The number of piperidine rings is 1. The molecule has 0 spiro atoms. The quantitative estimate of drug-likeness (QED) is 0.413. The number of pyridine rings is 1. The Labute approximate surface area is 192 Å². The van der Waals surface area contributed by atoms with Crippen LogP contribution in [0.15, 0.2) is 36.8 Å². The second-order valence-electron chi connectivity index (χ2n) is 8.24. The Morgan fingerprint density at radius 3 is 2.56 bits per heavy atom. The van der Waals surface area contributed by atoms with Crippen molar-refractivity contribution in [3.63, 3.8) is 0 Å². The highest BCUT2D eigenvalue weighted by Gasteiger charge is 2.24. The Balaban J connectivity index is 1.52. The molecule has 4 heterocycles. The molecule has 0 bridgehead atoms. The summed E-state index contributed by atoms with van der Waals surface area (Å²) >= 11 is 0. The number of fused-ring (bicyclic) bond motifs is 1. The minimum absolute atomic E-state index is 0.116. The van der Waals surface area contributed by atoms with Crippen molar-refractivity contribution in [3.8, 4) is 11.4 Å². The number of hydrogen-bond donors (Lipinski definition) is 2. The van der Waals surface area contributed by atoms with Crippen LogP contribution < -0.4 is 10.6 Å². The molecule has 1 fully saturated rings. The summed E-state index contributed by atoms with van der Waals surface area (Å²) in [5, 5.41) is 6.32. The SMILES string of the molecule is Fc1ccc(CNc2ncc3nc(-c4c(F)cncc4F)n(C[C@@H]4CCCNC4)c3n2)cc1F. The van der Waals surface area contributed by atoms with Crippen molar-refractivity contribution in [1.29, 1.82) is 0 Å². The summed E-state index contributed by atoms with van der Waals surface area (Å²) in [5.74, 6) is -2.93. The Bertz CT molecular complexity index is 1310. The van der Waals surface area contributed by atoms with Crippen molar-refractivity contribution in [1.82, 2.24) is 29.8 Å². The molecule has 1 atom stereocenters. The van der Waals surface area contributed by atoms with Gasteiger partial charge in [0.25, 0.3) is 0 Å². The second kappa shape index (κ2) is 9.34. The first-order valence-electron chi connectivity index (χ1n) is 10.9. The number of aromatic nitrogens is 5. The summed E-state index contributed by atoms with van der Waals surface area (Å²) in [4.78, 5) is 16.8. The van der Waals surface area contributed by atoms with Gasteiger partial charge in [0.1, 0.15) is 11.3 Å². The lowest BCUT2D eigenvalue weighted by Crippen LogP contribution is -2.32. The van der Waals surface area contributed by atoms with Crippen LogP contribution in [0.1, 0.15) is 18.4 Å². The first-order valence-corrected chi connectivity index (χ1v) is 10.9. The first kappa shape index (κ1) is 22.2. The van der Waals surface area contributed by atoms with Crippen molar-refractivity contribution in [2.24, 2.45) is 5.92 Å². The molecule has 0 unspecified atom stereocenters. The van der Waals surface area contributed by atoms with Crippen LogP contribution in [0, 0.1) is 29.2 Å². The molecule has 176 valence electrons. The highest BCUT2D eigenvalue weighted by atomic mass is 19.2. The summed E-state index contributed by atoms with van der Waals surface area (Å²) in [5.41, 5.74) is 1.03. The molecule has 1 aliphatic rings. The van der Waals surface area contributed by atoms with Gasteiger partial charge in [0, 0.05) is 13.1 Å². The van der Waals surface area contributed by atoms with E-state index in [9.17, 15) is 17.6 Å². The van der Waals surface area contributed by atoms with E-state index in [2.05, 4.69) is 30.6 Å². The van der Waals surface area contributed by atoms with Crippen LogP contribution in [-0.4, -0.2) is 37.6 Å². The molecule has 34 heavy (non-hydrogen) atoms. The second-order valence-corrected chi connectivity index (χ2v) is 8.24. The molecular weight excluding hydrogens is 450 g/mol. The number of hydrogen-bond acceptors (Lipinski definition) is 6. The topological polar surface area (TPSA) is 80.5 Å². The maximum atomic E-state index is 14.6. The van der Waals surface area contributed by atoms with Crippen molar-refractivity contribution in [3.05, 3.63) is 65.6 Å². The van der Waals surface area contributed by atoms with Crippen LogP contribution in [0.2, 0.25) is 0 Å². The predicted octanol–water partition coefficient (Wildman–Crippen LogP) is 4.06. The normalized spacial score (nSPS) is 16.2. The summed E-state index contributed by atoms with van der Waals surface area (Å²) in [6.07, 6.45) is 5.32. The van der Waals surface area contributed by atoms with Gasteiger partial charge in [0.05, 0.1) is 24.2 Å². The highest BCUT2D eigenvalue weighted by molar-refractivity contribution is 5.77. The van der Waals surface area contributed by atoms with E-state index in [4.69, 9.17) is 0 Å². The molecule has 5 rings (SSSR count). The molecule has 1 saturated heterocycles. The van der Waals surface area contributed by atoms with Crippen LogP contribution in [0.5, 0.6) is 0 Å². The molecule has 0 saturated carbocycles. The van der Waals surface area contributed by atoms with Crippen molar-refractivity contribution < 1.29 is 17.6 Å². The maximum absolute atomic E-state index is 14.6. The number of halogens is 4. The van der Waals surface area contributed by atoms with Gasteiger partial charge in [-0.15, -0.1) is 0 Å². The van der Waals surface area contributed by atoms with E-state index < -0.39 is 23.3 Å². The van der Waals surface area contributed by atoms with Crippen LogP contribution in [0.4, 0.5) is 23.5 Å². The number of anilines is 1. The zero-order valence-electron chi connectivity index (χ0n) is 18.0. The molecule has 0 amide bonds. The molecule has 2 N–H and O–H groups in total. The fourth-order valence-electron chi connectivity index (χ4n) is 4.16. The van der Waals surface area contributed by atoms with E-state index in [1.165, 1.54) is 12.3 Å². The smallest absolute Gasteiger partial charge is 0.225 e. The maximum Gasteiger partial charge on any atom is 0.225 e. The third-order valence-corrected chi connectivity index (χ3v) is 5.84. The lowest BCUT2D eigenvalue weighted by atomic mass is 9.99. The Morgan fingerprint density at radius 1 is 1.00 bits per heavy atom. The van der Waals surface area contributed by atoms with E-state index in [0.29, 0.717) is 23.3 Å². The molecule has 0 aliphatic carbocycles. The molecule has 3 aromatic heterocycles.